The molecule has 0 radical (unpaired) electrons. The number of aromatic nitrogens is 17. The summed E-state index contributed by atoms with van der Waals surface area (Å²) in [6.07, 6.45) is 37.6. The number of nitrogens with zero attached hydrogens (tertiary/aromatic N) is 16. The van der Waals surface area contributed by atoms with Crippen molar-refractivity contribution in [2.24, 2.45) is 0 Å². The number of aryl methyl sites for hydroxylation is 4. The lowest BCUT2D eigenvalue weighted by atomic mass is 10.0. The number of rotatable bonds is 7. The molecule has 27 heteroatoms. The minimum absolute atomic E-state index is 0.148. The highest BCUT2D eigenvalue weighted by molar-refractivity contribution is 5.80. The third-order valence-electron chi connectivity index (χ3n) is 14.0. The van der Waals surface area contributed by atoms with Crippen molar-refractivity contribution in [3.63, 3.8) is 0 Å². The van der Waals surface area contributed by atoms with Crippen LogP contribution in [0.5, 0.6) is 0 Å². The van der Waals surface area contributed by atoms with Crippen LogP contribution in [-0.4, -0.2) is 85.2 Å². The average Bonchev–Trinajstić information content (AvgIpc) is 1.02. The Morgan fingerprint density at radius 1 is 0.337 bits per heavy atom. The first-order chi connectivity index (χ1) is 47.5. The van der Waals surface area contributed by atoms with Crippen molar-refractivity contribution < 1.29 is 8.78 Å². The van der Waals surface area contributed by atoms with E-state index in [1.165, 1.54) is 31.0 Å². The summed E-state index contributed by atoms with van der Waals surface area (Å²) in [7, 11) is 0. The van der Waals surface area contributed by atoms with Crippen molar-refractivity contribution in [2.75, 3.05) is 40.1 Å². The Kier molecular flexibility index (Phi) is 25.2. The van der Waals surface area contributed by atoms with Crippen LogP contribution in [0.2, 0.25) is 0 Å². The molecule has 15 N–H and O–H groups in total. The molecule has 14 rings (SSSR count). The highest BCUT2D eigenvalue weighted by Gasteiger charge is 2.12. The van der Waals surface area contributed by atoms with E-state index in [1.807, 2.05) is 69.4 Å². The molecule has 98 heavy (non-hydrogen) atoms. The molecule has 25 nitrogen and oxygen atoms in total. The summed E-state index contributed by atoms with van der Waals surface area (Å²) in [5.41, 5.74) is 59.4. The number of aromatic amines is 1. The smallest absolute Gasteiger partial charge is 0.255 e. The van der Waals surface area contributed by atoms with Gasteiger partial charge >= 0.3 is 0 Å². The summed E-state index contributed by atoms with van der Waals surface area (Å²) in [5.74, 6) is -1.01. The highest BCUT2D eigenvalue weighted by atomic mass is 19.1. The van der Waals surface area contributed by atoms with Gasteiger partial charge in [-0.1, -0.05) is 0 Å². The summed E-state index contributed by atoms with van der Waals surface area (Å²) >= 11 is 0. The van der Waals surface area contributed by atoms with Crippen LogP contribution in [0.3, 0.4) is 0 Å². The first kappa shape index (κ1) is 70.0. The first-order valence-corrected chi connectivity index (χ1v) is 29.5. The molecule has 0 aliphatic carbocycles. The van der Waals surface area contributed by atoms with Crippen molar-refractivity contribution in [3.05, 3.63) is 284 Å². The second-order valence-electron chi connectivity index (χ2n) is 20.7. The normalized spacial score (nSPS) is 10.1. The number of halogens is 2. The minimum atomic E-state index is -0.523. The summed E-state index contributed by atoms with van der Waals surface area (Å²) in [6.45, 7) is 7.67. The molecule has 0 aromatic carbocycles. The van der Waals surface area contributed by atoms with Gasteiger partial charge in [-0.25, -0.2) is 19.9 Å². The molecule has 0 bridgehead atoms. The maximum absolute atomic E-state index is 13.3. The molecule has 0 spiro atoms. The fourth-order valence-corrected chi connectivity index (χ4v) is 9.12. The molecular weight excluding hydrogens is 1240 g/mol. The van der Waals surface area contributed by atoms with Gasteiger partial charge in [0.05, 0.1) is 101 Å². The van der Waals surface area contributed by atoms with Crippen molar-refractivity contribution >= 4 is 39.8 Å². The van der Waals surface area contributed by atoms with Crippen LogP contribution in [-0.2, 0) is 0 Å². The number of nitrogen functional groups attached to an aromatic ring is 7. The fraction of sp³-hybridized carbons (Fsp3) is 0.0563. The lowest BCUT2D eigenvalue weighted by molar-refractivity contribution is 0.580. The van der Waals surface area contributed by atoms with Gasteiger partial charge in [0, 0.05) is 165 Å². The maximum Gasteiger partial charge on any atom is 0.255 e. The van der Waals surface area contributed by atoms with Gasteiger partial charge in [-0.2, -0.15) is 29.2 Å². The quantitative estimate of drug-likeness (QED) is 0.0687. The van der Waals surface area contributed by atoms with Crippen LogP contribution in [0.4, 0.5) is 48.6 Å². The standard InChI is InChI=1S/C11H10FN3.C11H11N3.C10H8FN3.2C10H10N4.C10H9N3O.C9H8N4/c1-7-8(2-3-11(12)15-7)9-4-5-14-6-10(9)13;1-8-2-4-13-6-10(8)9-3-5-14-7-11(9)12;11-10-8(2-1-4-14-10)7-3-5-13-6-9(7)12;1-7-2-5-13-14-10(7)8-3-4-12-6-9(8)11;1-7-8(3-5-13-14-7)9-2-4-12-6-10(9)11;11-9-6-12-5-3-7(9)8-2-1-4-13-10(8)14;10-9-5-11-2-1-8(9)7-3-12-6-13-4-7/h2-6H,13H2,1H3;2-7H,12H2,1H3;1-6H,12H2;2*2-6H,11H2,1H3;1-6H,11H2,(H,13,14);1-6H,10H2. The van der Waals surface area contributed by atoms with Crippen LogP contribution in [0.15, 0.2) is 245 Å². The Hall–Kier alpha value is -13.9. The zero-order valence-corrected chi connectivity index (χ0v) is 53.4. The predicted octanol–water partition coefficient (Wildman–Crippen LogP) is 11.1. The van der Waals surface area contributed by atoms with E-state index < -0.39 is 11.9 Å². The molecule has 14 aromatic rings. The summed E-state index contributed by atoms with van der Waals surface area (Å²) < 4.78 is 26.1. The topological polar surface area (TPSA) is 421 Å². The number of nitrogens with two attached hydrogens (primary N) is 7. The molecule has 0 fully saturated rings. The van der Waals surface area contributed by atoms with Gasteiger partial charge in [0.15, 0.2) is 0 Å². The number of H-pyrrole nitrogens is 1. The molecule has 0 saturated carbocycles. The molecule has 490 valence electrons. The van der Waals surface area contributed by atoms with Gasteiger partial charge in [0.1, 0.15) is 6.33 Å². The Morgan fingerprint density at radius 3 is 1.21 bits per heavy atom. The number of nitrogens with one attached hydrogen (secondary N) is 1. The van der Waals surface area contributed by atoms with Crippen LogP contribution in [0.1, 0.15) is 22.5 Å². The minimum Gasteiger partial charge on any atom is -0.397 e. The second kappa shape index (κ2) is 35.3. The van der Waals surface area contributed by atoms with E-state index in [0.29, 0.717) is 67.8 Å². The first-order valence-electron chi connectivity index (χ1n) is 29.5. The van der Waals surface area contributed by atoms with Gasteiger partial charge in [0.25, 0.3) is 5.56 Å². The molecule has 0 saturated heterocycles. The fourth-order valence-electron chi connectivity index (χ4n) is 9.12. The number of anilines is 7. The molecule has 0 aliphatic heterocycles. The van der Waals surface area contributed by atoms with Crippen molar-refractivity contribution in [3.8, 4) is 78.0 Å². The number of hydrogen-bond donors (Lipinski definition) is 8. The van der Waals surface area contributed by atoms with Crippen LogP contribution in [0, 0.1) is 39.6 Å². The van der Waals surface area contributed by atoms with E-state index in [1.54, 1.807) is 167 Å². The van der Waals surface area contributed by atoms with Gasteiger partial charge < -0.3 is 45.1 Å². The van der Waals surface area contributed by atoms with E-state index in [0.717, 1.165) is 72.6 Å². The van der Waals surface area contributed by atoms with E-state index in [4.69, 9.17) is 40.1 Å². The van der Waals surface area contributed by atoms with E-state index in [9.17, 15) is 13.6 Å². The van der Waals surface area contributed by atoms with Crippen LogP contribution in [0.25, 0.3) is 78.0 Å². The van der Waals surface area contributed by atoms with E-state index in [-0.39, 0.29) is 5.56 Å². The second-order valence-corrected chi connectivity index (χ2v) is 20.7. The summed E-state index contributed by atoms with van der Waals surface area (Å²) in [6, 6.07) is 28.2. The van der Waals surface area contributed by atoms with E-state index in [2.05, 4.69) is 85.2 Å². The lowest BCUT2D eigenvalue weighted by Gasteiger charge is -2.07. The van der Waals surface area contributed by atoms with Crippen LogP contribution >= 0.6 is 0 Å². The van der Waals surface area contributed by atoms with Crippen LogP contribution < -0.4 is 45.7 Å². The number of hydrogen-bond acceptors (Lipinski definition) is 24. The monoisotopic (exact) mass is 1310 g/mol. The largest absolute Gasteiger partial charge is 0.397 e. The molecule has 0 amide bonds. The van der Waals surface area contributed by atoms with Crippen molar-refractivity contribution in [1.29, 1.82) is 0 Å². The average molecular weight is 1310 g/mol. The molecule has 0 aliphatic rings. The summed E-state index contributed by atoms with van der Waals surface area (Å²) in [5, 5.41) is 15.7. The Bertz CT molecular complexity index is 4430. The highest BCUT2D eigenvalue weighted by Crippen LogP contribution is 2.31. The lowest BCUT2D eigenvalue weighted by Crippen LogP contribution is -2.08. The Morgan fingerprint density at radius 2 is 0.745 bits per heavy atom. The molecule has 14 heterocycles. The maximum atomic E-state index is 13.3. The number of pyridine rings is 11. The van der Waals surface area contributed by atoms with Gasteiger partial charge in [0.2, 0.25) is 11.9 Å². The molecule has 0 atom stereocenters. The SMILES string of the molecule is Cc1ccncc1-c1ccncc1N.Cc1ccnnc1-c1ccncc1N.Cc1nc(F)ccc1-c1ccncc1N.Cc1nnccc1-c1ccncc1N.Nc1cnccc1-c1ccc[nH]c1=O.Nc1cnccc1-c1cccnc1F.Nc1cnccc1-c1cncnc1. The van der Waals surface area contributed by atoms with Gasteiger partial charge in [-0.3, -0.25) is 44.7 Å². The molecular formula is C71H66F2N24O. The predicted molar refractivity (Wildman–Crippen MR) is 378 cm³/mol. The molecule has 0 unspecified atom stereocenters. The third kappa shape index (κ3) is 19.4. The van der Waals surface area contributed by atoms with Crippen molar-refractivity contribution in [1.82, 2.24) is 85.2 Å². The zero-order valence-electron chi connectivity index (χ0n) is 53.4. The summed E-state index contributed by atoms with van der Waals surface area (Å²) in [4.78, 5) is 60.6. The van der Waals surface area contributed by atoms with Gasteiger partial charge in [-0.05, 0) is 136 Å². The molecule has 14 aromatic heterocycles. The van der Waals surface area contributed by atoms with E-state index >= 15 is 0 Å². The van der Waals surface area contributed by atoms with Gasteiger partial charge in [-0.15, -0.1) is 0 Å². The third-order valence-corrected chi connectivity index (χ3v) is 14.0. The van der Waals surface area contributed by atoms with Crippen molar-refractivity contribution in [2.45, 2.75) is 27.7 Å². The Labute approximate surface area is 561 Å². The zero-order chi connectivity index (χ0) is 69.8. The Balaban J connectivity index is 0.000000146.